The van der Waals surface area contributed by atoms with Crippen molar-refractivity contribution in [3.8, 4) is 6.07 Å². The summed E-state index contributed by atoms with van der Waals surface area (Å²) in [5.41, 5.74) is 4.44. The van der Waals surface area contributed by atoms with Gasteiger partial charge < -0.3 is 5.32 Å². The van der Waals surface area contributed by atoms with E-state index >= 15 is 0 Å². The Kier molecular flexibility index (Phi) is 3.98. The number of hydrogen-bond acceptors (Lipinski definition) is 4. The molecule has 0 bridgehead atoms. The normalized spacial score (nSPS) is 13.6. The Hall–Kier alpha value is -1.86. The quantitative estimate of drug-likeness (QED) is 0.933. The van der Waals surface area contributed by atoms with Crippen molar-refractivity contribution in [3.05, 3.63) is 45.3 Å². The maximum Gasteiger partial charge on any atom is 0.144 e. The first-order valence-electron chi connectivity index (χ1n) is 7.04. The third kappa shape index (κ3) is 2.83. The van der Waals surface area contributed by atoms with E-state index in [1.54, 1.807) is 11.3 Å². The van der Waals surface area contributed by atoms with Gasteiger partial charge in [-0.1, -0.05) is 0 Å². The van der Waals surface area contributed by atoms with Crippen LogP contribution in [0.5, 0.6) is 0 Å². The molecule has 0 aliphatic heterocycles. The first-order chi connectivity index (χ1) is 9.86. The van der Waals surface area contributed by atoms with Crippen LogP contribution in [0.15, 0.2) is 22.9 Å². The molecule has 0 aromatic carbocycles. The van der Waals surface area contributed by atoms with Gasteiger partial charge in [0, 0.05) is 12.2 Å². The molecule has 1 aliphatic rings. The second kappa shape index (κ2) is 6.06. The summed E-state index contributed by atoms with van der Waals surface area (Å²) in [4.78, 5) is 4.67. The van der Waals surface area contributed by atoms with Crippen LogP contribution in [0, 0.1) is 11.3 Å². The molecule has 1 aliphatic carbocycles. The summed E-state index contributed by atoms with van der Waals surface area (Å²) in [6, 6.07) is 6.43. The lowest BCUT2D eigenvalue weighted by Gasteiger charge is -2.17. The van der Waals surface area contributed by atoms with E-state index in [4.69, 9.17) is 0 Å². The van der Waals surface area contributed by atoms with Gasteiger partial charge in [-0.2, -0.15) is 16.6 Å². The molecular formula is C16H17N3S. The zero-order valence-corrected chi connectivity index (χ0v) is 12.2. The van der Waals surface area contributed by atoms with Gasteiger partial charge >= 0.3 is 0 Å². The van der Waals surface area contributed by atoms with Gasteiger partial charge in [-0.15, -0.1) is 0 Å². The third-order valence-electron chi connectivity index (χ3n) is 3.71. The van der Waals surface area contributed by atoms with Crippen LogP contribution >= 0.6 is 11.3 Å². The Bertz CT molecular complexity index is 626. The smallest absolute Gasteiger partial charge is 0.144 e. The Balaban J connectivity index is 1.73. The molecule has 3 rings (SSSR count). The summed E-state index contributed by atoms with van der Waals surface area (Å²) in [6.45, 7) is 0.817. The van der Waals surface area contributed by atoms with Crippen LogP contribution in [0.3, 0.4) is 0 Å². The number of nitriles is 1. The van der Waals surface area contributed by atoms with Crippen molar-refractivity contribution in [1.29, 1.82) is 5.26 Å². The van der Waals surface area contributed by atoms with E-state index in [2.05, 4.69) is 33.2 Å². The summed E-state index contributed by atoms with van der Waals surface area (Å²) in [5, 5.41) is 16.8. The van der Waals surface area contributed by atoms with Crippen molar-refractivity contribution >= 4 is 17.2 Å². The number of nitrogens with one attached hydrogen (secondary N) is 1. The minimum atomic E-state index is 0.677. The van der Waals surface area contributed by atoms with Gasteiger partial charge in [-0.25, -0.2) is 4.98 Å². The molecular weight excluding hydrogens is 266 g/mol. The Morgan fingerprint density at radius 2 is 2.25 bits per heavy atom. The molecule has 0 fully saturated rings. The molecule has 2 heterocycles. The van der Waals surface area contributed by atoms with Crippen molar-refractivity contribution in [3.63, 3.8) is 0 Å². The minimum Gasteiger partial charge on any atom is -0.369 e. The number of fused-ring (bicyclic) bond motifs is 1. The van der Waals surface area contributed by atoms with Crippen molar-refractivity contribution in [2.75, 3.05) is 11.9 Å². The molecule has 0 unspecified atom stereocenters. The van der Waals surface area contributed by atoms with Crippen molar-refractivity contribution in [1.82, 2.24) is 4.98 Å². The van der Waals surface area contributed by atoms with Gasteiger partial charge in [0.05, 0.1) is 5.56 Å². The summed E-state index contributed by atoms with van der Waals surface area (Å²) < 4.78 is 0. The standard InChI is InChI=1S/C16H17N3S/c17-10-14-9-13-3-1-2-4-15(13)19-16(14)18-7-5-12-6-8-20-11-12/h6,8-9,11H,1-5,7H2,(H,18,19). The molecule has 4 heteroatoms. The van der Waals surface area contributed by atoms with Gasteiger partial charge in [0.1, 0.15) is 11.9 Å². The van der Waals surface area contributed by atoms with Crippen LogP contribution in [-0.4, -0.2) is 11.5 Å². The monoisotopic (exact) mass is 283 g/mol. The van der Waals surface area contributed by atoms with Gasteiger partial charge in [0.2, 0.25) is 0 Å². The van der Waals surface area contributed by atoms with Crippen LogP contribution in [0.1, 0.15) is 35.2 Å². The number of pyridine rings is 1. The maximum absolute atomic E-state index is 9.27. The molecule has 0 spiro atoms. The van der Waals surface area contributed by atoms with E-state index in [9.17, 15) is 5.26 Å². The molecule has 0 radical (unpaired) electrons. The second-order valence-corrected chi connectivity index (χ2v) is 5.90. The number of hydrogen-bond donors (Lipinski definition) is 1. The third-order valence-corrected chi connectivity index (χ3v) is 4.44. The molecule has 3 nitrogen and oxygen atoms in total. The molecule has 102 valence electrons. The fourth-order valence-corrected chi connectivity index (χ4v) is 3.32. The van der Waals surface area contributed by atoms with E-state index in [1.165, 1.54) is 29.7 Å². The van der Waals surface area contributed by atoms with Gasteiger partial charge in [-0.05, 0) is 66.1 Å². The highest BCUT2D eigenvalue weighted by molar-refractivity contribution is 7.07. The lowest BCUT2D eigenvalue weighted by molar-refractivity contribution is 0.668. The minimum absolute atomic E-state index is 0.677. The van der Waals surface area contributed by atoms with Crippen LogP contribution in [0.4, 0.5) is 5.82 Å². The SMILES string of the molecule is N#Cc1cc2c(nc1NCCc1ccsc1)CCCC2. The fourth-order valence-electron chi connectivity index (χ4n) is 2.61. The topological polar surface area (TPSA) is 48.7 Å². The first kappa shape index (κ1) is 13.1. The molecule has 0 atom stereocenters. The van der Waals surface area contributed by atoms with Crippen molar-refractivity contribution in [2.45, 2.75) is 32.1 Å². The maximum atomic E-state index is 9.27. The second-order valence-electron chi connectivity index (χ2n) is 5.12. The van der Waals surface area contributed by atoms with Crippen LogP contribution in [-0.2, 0) is 19.3 Å². The number of rotatable bonds is 4. The molecule has 0 saturated carbocycles. The number of aryl methyl sites for hydroxylation is 2. The Labute approximate surface area is 123 Å². The number of nitrogens with zero attached hydrogens (tertiary/aromatic N) is 2. The summed E-state index contributed by atoms with van der Waals surface area (Å²) >= 11 is 1.72. The Morgan fingerprint density at radius 1 is 1.35 bits per heavy atom. The molecule has 0 amide bonds. The largest absolute Gasteiger partial charge is 0.369 e. The average molecular weight is 283 g/mol. The fraction of sp³-hybridized carbons (Fsp3) is 0.375. The van der Waals surface area contributed by atoms with E-state index in [0.717, 1.165) is 31.6 Å². The molecule has 0 saturated heterocycles. The van der Waals surface area contributed by atoms with Gasteiger partial charge in [0.25, 0.3) is 0 Å². The van der Waals surface area contributed by atoms with Crippen molar-refractivity contribution in [2.24, 2.45) is 0 Å². The lowest BCUT2D eigenvalue weighted by Crippen LogP contribution is -2.12. The summed E-state index contributed by atoms with van der Waals surface area (Å²) in [7, 11) is 0. The van der Waals surface area contributed by atoms with E-state index < -0.39 is 0 Å². The van der Waals surface area contributed by atoms with Crippen LogP contribution in [0.25, 0.3) is 0 Å². The molecule has 2 aromatic heterocycles. The number of anilines is 1. The average Bonchev–Trinajstić information content (AvgIpc) is 3.00. The number of thiophene rings is 1. The highest BCUT2D eigenvalue weighted by Crippen LogP contribution is 2.24. The van der Waals surface area contributed by atoms with Crippen molar-refractivity contribution < 1.29 is 0 Å². The van der Waals surface area contributed by atoms with E-state index in [-0.39, 0.29) is 0 Å². The lowest BCUT2D eigenvalue weighted by atomic mass is 9.95. The van der Waals surface area contributed by atoms with E-state index in [1.807, 2.05) is 6.07 Å². The van der Waals surface area contributed by atoms with Gasteiger partial charge in [0.15, 0.2) is 0 Å². The van der Waals surface area contributed by atoms with Crippen LogP contribution in [0.2, 0.25) is 0 Å². The Morgan fingerprint density at radius 3 is 3.05 bits per heavy atom. The molecule has 1 N–H and O–H groups in total. The van der Waals surface area contributed by atoms with E-state index in [0.29, 0.717) is 5.56 Å². The summed E-state index contributed by atoms with van der Waals surface area (Å²) in [5.74, 6) is 0.753. The number of aromatic nitrogens is 1. The predicted molar refractivity (Wildman–Crippen MR) is 82.1 cm³/mol. The molecule has 20 heavy (non-hydrogen) atoms. The highest BCUT2D eigenvalue weighted by atomic mass is 32.1. The molecule has 2 aromatic rings. The highest BCUT2D eigenvalue weighted by Gasteiger charge is 2.14. The first-order valence-corrected chi connectivity index (χ1v) is 7.99. The van der Waals surface area contributed by atoms with Crippen LogP contribution < -0.4 is 5.32 Å². The van der Waals surface area contributed by atoms with Gasteiger partial charge in [-0.3, -0.25) is 0 Å². The summed E-state index contributed by atoms with van der Waals surface area (Å²) in [6.07, 6.45) is 5.49. The zero-order chi connectivity index (χ0) is 13.8. The zero-order valence-electron chi connectivity index (χ0n) is 11.4. The predicted octanol–water partition coefficient (Wildman–Crippen LogP) is 3.55.